The molecular weight excluding hydrogens is 224 g/mol. The topological polar surface area (TPSA) is 0 Å². The molecule has 0 bridgehead atoms. The second-order valence-electron chi connectivity index (χ2n) is 6.82. The molecule has 0 aliphatic carbocycles. The normalized spacial score (nSPS) is 14.1. The number of rotatable bonds is 7. The second-order valence-corrected chi connectivity index (χ2v) is 17.0. The van der Waals surface area contributed by atoms with Crippen LogP contribution in [0.1, 0.15) is 25.7 Å². The lowest BCUT2D eigenvalue weighted by Gasteiger charge is -2.08. The minimum Gasteiger partial charge on any atom is -0.0989 e. The molecule has 0 saturated carbocycles. The lowest BCUT2D eigenvalue weighted by molar-refractivity contribution is 0.762. The summed E-state index contributed by atoms with van der Waals surface area (Å²) in [4.78, 5) is 0. The highest BCUT2D eigenvalue weighted by Gasteiger charge is 2.06. The maximum atomic E-state index is 2.46. The first kappa shape index (κ1) is 15.9. The van der Waals surface area contributed by atoms with Crippen molar-refractivity contribution < 1.29 is 0 Å². The Morgan fingerprint density at radius 3 is 1.19 bits per heavy atom. The quantitative estimate of drug-likeness (QED) is 0.421. The van der Waals surface area contributed by atoms with Crippen LogP contribution in [-0.2, 0) is 0 Å². The summed E-state index contributed by atoms with van der Waals surface area (Å²) in [6, 6.07) is 0. The molecule has 0 rings (SSSR count). The molecule has 2 heteroatoms. The van der Waals surface area contributed by atoms with E-state index in [0.29, 0.717) is 0 Å². The third-order valence-electron chi connectivity index (χ3n) is 2.23. The van der Waals surface area contributed by atoms with Gasteiger partial charge in [0.1, 0.15) is 0 Å². The summed E-state index contributed by atoms with van der Waals surface area (Å²) in [5.41, 5.74) is 4.93. The maximum Gasteiger partial charge on any atom is 0.0682 e. The summed E-state index contributed by atoms with van der Waals surface area (Å²) in [5, 5.41) is 0. The van der Waals surface area contributed by atoms with Gasteiger partial charge in [-0.1, -0.05) is 62.8 Å². The molecule has 0 nitrogen and oxygen atoms in total. The zero-order valence-electron chi connectivity index (χ0n) is 12.1. The van der Waals surface area contributed by atoms with Gasteiger partial charge in [-0.3, -0.25) is 0 Å². The Hall–Kier alpha value is -0.0862. The fourth-order valence-electron chi connectivity index (χ4n) is 1.40. The molecule has 0 spiro atoms. The van der Waals surface area contributed by atoms with Crippen molar-refractivity contribution in [1.82, 2.24) is 0 Å². The van der Waals surface area contributed by atoms with Crippen LogP contribution in [0.25, 0.3) is 0 Å². The predicted molar refractivity (Wildman–Crippen MR) is 83.4 cm³/mol. The first-order valence-corrected chi connectivity index (χ1v) is 13.7. The molecule has 0 aromatic carbocycles. The largest absolute Gasteiger partial charge is 0.0989 e. The van der Waals surface area contributed by atoms with Crippen LogP contribution >= 0.6 is 0 Å². The minimum absolute atomic E-state index is 0.946. The lowest BCUT2D eigenvalue weighted by Crippen LogP contribution is -2.15. The van der Waals surface area contributed by atoms with Gasteiger partial charge in [-0.15, -0.1) is 0 Å². The molecule has 0 N–H and O–H groups in total. The lowest BCUT2D eigenvalue weighted by atomic mass is 10.2. The van der Waals surface area contributed by atoms with E-state index in [1.807, 2.05) is 0 Å². The molecule has 16 heavy (non-hydrogen) atoms. The van der Waals surface area contributed by atoms with E-state index in [4.69, 9.17) is 0 Å². The summed E-state index contributed by atoms with van der Waals surface area (Å²) in [5.74, 6) is 0. The van der Waals surface area contributed by atoms with Crippen molar-refractivity contribution in [2.75, 3.05) is 0 Å². The van der Waals surface area contributed by atoms with Crippen LogP contribution < -0.4 is 0 Å². The number of hydrogen-bond acceptors (Lipinski definition) is 0. The smallest absolute Gasteiger partial charge is 0.0682 e. The number of unbranched alkanes of at least 4 members (excludes halogenated alkanes) is 3. The van der Waals surface area contributed by atoms with Gasteiger partial charge < -0.3 is 0 Å². The van der Waals surface area contributed by atoms with Crippen molar-refractivity contribution in [3.05, 3.63) is 23.6 Å². The van der Waals surface area contributed by atoms with E-state index in [-0.39, 0.29) is 0 Å². The average Bonchev–Trinajstić information content (AvgIpc) is 2.06. The van der Waals surface area contributed by atoms with Gasteiger partial charge in [0.25, 0.3) is 0 Å². The van der Waals surface area contributed by atoms with Gasteiger partial charge >= 0.3 is 0 Å². The van der Waals surface area contributed by atoms with Gasteiger partial charge in [-0.25, -0.2) is 0 Å². The summed E-state index contributed by atoms with van der Waals surface area (Å²) in [6.45, 7) is 14.3. The van der Waals surface area contributed by atoms with Crippen LogP contribution in [0.15, 0.2) is 23.6 Å². The van der Waals surface area contributed by atoms with Crippen LogP contribution in [0.4, 0.5) is 0 Å². The Labute approximate surface area is 105 Å². The van der Waals surface area contributed by atoms with Gasteiger partial charge in [0.05, 0.1) is 16.1 Å². The molecule has 0 fully saturated rings. The molecule has 0 aliphatic heterocycles. The zero-order valence-corrected chi connectivity index (χ0v) is 14.1. The fraction of sp³-hybridized carbons (Fsp3) is 0.714. The maximum absolute atomic E-state index is 2.46. The molecule has 0 aromatic heterocycles. The van der Waals surface area contributed by atoms with E-state index in [1.165, 1.54) is 25.7 Å². The summed E-state index contributed by atoms with van der Waals surface area (Å²) < 4.78 is 0. The van der Waals surface area contributed by atoms with Crippen LogP contribution in [0, 0.1) is 0 Å². The molecule has 0 radical (unpaired) electrons. The van der Waals surface area contributed by atoms with Crippen molar-refractivity contribution in [1.29, 1.82) is 0 Å². The van der Waals surface area contributed by atoms with Crippen molar-refractivity contribution in [2.45, 2.75) is 65.0 Å². The first-order chi connectivity index (χ1) is 7.21. The highest BCUT2D eigenvalue weighted by molar-refractivity contribution is 6.81. The zero-order chi connectivity index (χ0) is 12.7. The van der Waals surface area contributed by atoms with E-state index in [0.717, 1.165) is 0 Å². The highest BCUT2D eigenvalue weighted by atomic mass is 28.3. The molecule has 0 saturated heterocycles. The molecule has 0 aliphatic rings. The molecule has 0 atom stereocenters. The van der Waals surface area contributed by atoms with Crippen LogP contribution in [0.2, 0.25) is 39.3 Å². The Balaban J connectivity index is 3.49. The SMILES string of the molecule is C[Si](C)(C)C=CCCCCC=C[Si](C)(C)C. The highest BCUT2D eigenvalue weighted by Crippen LogP contribution is 2.08. The third kappa shape index (κ3) is 13.9. The van der Waals surface area contributed by atoms with E-state index in [1.54, 1.807) is 0 Å². The number of allylic oxidation sites excluding steroid dienone is 2. The Kier molecular flexibility index (Phi) is 7.24. The molecule has 0 unspecified atom stereocenters. The minimum atomic E-state index is -0.946. The Morgan fingerprint density at radius 1 is 0.625 bits per heavy atom. The number of hydrogen-bond donors (Lipinski definition) is 0. The Morgan fingerprint density at radius 2 is 0.938 bits per heavy atom. The molecule has 94 valence electrons. The van der Waals surface area contributed by atoms with Gasteiger partial charge in [0.15, 0.2) is 0 Å². The average molecular weight is 255 g/mol. The van der Waals surface area contributed by atoms with Crippen LogP contribution in [0.3, 0.4) is 0 Å². The van der Waals surface area contributed by atoms with Gasteiger partial charge in [-0.05, 0) is 25.7 Å². The molecule has 0 amide bonds. The van der Waals surface area contributed by atoms with Crippen LogP contribution in [0.5, 0.6) is 0 Å². The van der Waals surface area contributed by atoms with E-state index < -0.39 is 16.1 Å². The van der Waals surface area contributed by atoms with Crippen molar-refractivity contribution >= 4 is 16.1 Å². The van der Waals surface area contributed by atoms with Crippen LogP contribution in [-0.4, -0.2) is 16.1 Å². The standard InChI is InChI=1S/C14H30Si2/c1-15(2,3)13-11-9-7-8-10-12-14-16(4,5)6/h11-14H,7-10H2,1-6H3. The van der Waals surface area contributed by atoms with Crippen molar-refractivity contribution in [3.8, 4) is 0 Å². The van der Waals surface area contributed by atoms with Gasteiger partial charge in [-0.2, -0.15) is 0 Å². The van der Waals surface area contributed by atoms with Crippen molar-refractivity contribution in [2.24, 2.45) is 0 Å². The summed E-state index contributed by atoms with van der Waals surface area (Å²) >= 11 is 0. The first-order valence-electron chi connectivity index (χ1n) is 6.56. The van der Waals surface area contributed by atoms with Gasteiger partial charge in [0, 0.05) is 0 Å². The fourth-order valence-corrected chi connectivity index (χ4v) is 3.15. The predicted octanol–water partition coefficient (Wildman–Crippen LogP) is 5.41. The van der Waals surface area contributed by atoms with Crippen molar-refractivity contribution in [3.63, 3.8) is 0 Å². The third-order valence-corrected chi connectivity index (χ3v) is 4.70. The second kappa shape index (κ2) is 7.28. The summed E-state index contributed by atoms with van der Waals surface area (Å²) in [7, 11) is -1.89. The molecule has 0 heterocycles. The monoisotopic (exact) mass is 254 g/mol. The van der Waals surface area contributed by atoms with E-state index >= 15 is 0 Å². The van der Waals surface area contributed by atoms with E-state index in [2.05, 4.69) is 62.8 Å². The molecular formula is C14H30Si2. The molecule has 0 aromatic rings. The Bertz CT molecular complexity index is 200. The van der Waals surface area contributed by atoms with Gasteiger partial charge in [0.2, 0.25) is 0 Å². The van der Waals surface area contributed by atoms with E-state index in [9.17, 15) is 0 Å². The summed E-state index contributed by atoms with van der Waals surface area (Å²) in [6.07, 6.45) is 10.0.